The number of anilines is 3. The van der Waals surface area contributed by atoms with Gasteiger partial charge in [0.25, 0.3) is 0 Å². The smallest absolute Gasteiger partial charge is 0.232 e. The van der Waals surface area contributed by atoms with Crippen LogP contribution in [0.25, 0.3) is 0 Å². The molecule has 1 atom stereocenters. The maximum absolute atomic E-state index is 13.2. The van der Waals surface area contributed by atoms with Gasteiger partial charge in [-0.2, -0.15) is 0 Å². The van der Waals surface area contributed by atoms with E-state index in [0.717, 1.165) is 35.7 Å². The van der Waals surface area contributed by atoms with Crippen LogP contribution >= 0.6 is 0 Å². The average Bonchev–Trinajstić information content (AvgIpc) is 3.12. The van der Waals surface area contributed by atoms with E-state index in [1.54, 1.807) is 9.80 Å². The molecule has 0 radical (unpaired) electrons. The molecular formula is C24H31N3O2. The van der Waals surface area contributed by atoms with Crippen molar-refractivity contribution in [1.82, 2.24) is 0 Å². The van der Waals surface area contributed by atoms with Crippen LogP contribution < -0.4 is 14.7 Å². The van der Waals surface area contributed by atoms with Crippen LogP contribution in [0.15, 0.2) is 48.5 Å². The van der Waals surface area contributed by atoms with Gasteiger partial charge in [-0.25, -0.2) is 0 Å². The van der Waals surface area contributed by atoms with E-state index in [4.69, 9.17) is 0 Å². The Balaban J connectivity index is 1.74. The first-order chi connectivity index (χ1) is 14.0. The van der Waals surface area contributed by atoms with Gasteiger partial charge in [0.15, 0.2) is 0 Å². The molecule has 2 aromatic carbocycles. The second-order valence-corrected chi connectivity index (χ2v) is 7.52. The maximum atomic E-state index is 13.2. The number of carbonyl (C=O) groups excluding carboxylic acids is 2. The first kappa shape index (κ1) is 20.9. The van der Waals surface area contributed by atoms with E-state index < -0.39 is 0 Å². The second-order valence-electron chi connectivity index (χ2n) is 7.52. The summed E-state index contributed by atoms with van der Waals surface area (Å²) in [6.07, 6.45) is 0.263. The van der Waals surface area contributed by atoms with Crippen LogP contribution in [0.3, 0.4) is 0 Å². The van der Waals surface area contributed by atoms with Crippen molar-refractivity contribution < 1.29 is 9.59 Å². The fourth-order valence-corrected chi connectivity index (χ4v) is 4.04. The van der Waals surface area contributed by atoms with E-state index in [-0.39, 0.29) is 24.2 Å². The molecule has 154 valence electrons. The highest BCUT2D eigenvalue weighted by molar-refractivity contribution is 6.04. The van der Waals surface area contributed by atoms with Gasteiger partial charge in [0, 0.05) is 49.7 Å². The molecule has 0 aromatic heterocycles. The predicted molar refractivity (Wildman–Crippen MR) is 120 cm³/mol. The Hall–Kier alpha value is -2.82. The summed E-state index contributed by atoms with van der Waals surface area (Å²) < 4.78 is 0. The average molecular weight is 394 g/mol. The molecule has 1 heterocycles. The quantitative estimate of drug-likeness (QED) is 0.706. The second kappa shape index (κ2) is 9.12. The van der Waals surface area contributed by atoms with Gasteiger partial charge in [0.1, 0.15) is 0 Å². The third-order valence-corrected chi connectivity index (χ3v) is 5.66. The number of hydrogen-bond acceptors (Lipinski definition) is 3. The lowest BCUT2D eigenvalue weighted by Gasteiger charge is -2.25. The standard InChI is InChI=1S/C24H31N3O2/c1-5-25(6-2)20-11-13-21(14-12-20)27-17-19(16-23(27)28)24(29)26(7-3)22-10-8-9-18(4)15-22/h8-15,19H,5-7,16-17H2,1-4H3. The summed E-state index contributed by atoms with van der Waals surface area (Å²) in [4.78, 5) is 31.6. The fourth-order valence-electron chi connectivity index (χ4n) is 4.04. The van der Waals surface area contributed by atoms with Gasteiger partial charge in [-0.05, 0) is 69.7 Å². The summed E-state index contributed by atoms with van der Waals surface area (Å²) in [7, 11) is 0. The van der Waals surface area contributed by atoms with Gasteiger partial charge in [-0.1, -0.05) is 12.1 Å². The summed E-state index contributed by atoms with van der Waals surface area (Å²) in [5.41, 5.74) is 4.02. The van der Waals surface area contributed by atoms with Crippen LogP contribution in [0.1, 0.15) is 32.8 Å². The number of aryl methyl sites for hydroxylation is 1. The van der Waals surface area contributed by atoms with Crippen molar-refractivity contribution in [2.45, 2.75) is 34.1 Å². The van der Waals surface area contributed by atoms with Crippen molar-refractivity contribution >= 4 is 28.9 Å². The summed E-state index contributed by atoms with van der Waals surface area (Å²) in [5.74, 6) is -0.279. The number of rotatable bonds is 7. The minimum Gasteiger partial charge on any atom is -0.372 e. The van der Waals surface area contributed by atoms with Crippen LogP contribution in [-0.2, 0) is 9.59 Å². The van der Waals surface area contributed by atoms with E-state index in [2.05, 4.69) is 30.9 Å². The summed E-state index contributed by atoms with van der Waals surface area (Å²) in [6.45, 7) is 11.2. The number of carbonyl (C=O) groups is 2. The van der Waals surface area contributed by atoms with E-state index >= 15 is 0 Å². The van der Waals surface area contributed by atoms with Gasteiger partial charge in [-0.15, -0.1) is 0 Å². The minimum absolute atomic E-state index is 0.0132. The molecule has 0 bridgehead atoms. The predicted octanol–water partition coefficient (Wildman–Crippen LogP) is 4.25. The lowest BCUT2D eigenvalue weighted by Crippen LogP contribution is -2.37. The molecule has 1 unspecified atom stereocenters. The van der Waals surface area contributed by atoms with Crippen LogP contribution in [0.2, 0.25) is 0 Å². The fraction of sp³-hybridized carbons (Fsp3) is 0.417. The Kier molecular flexibility index (Phi) is 6.57. The van der Waals surface area contributed by atoms with Crippen molar-refractivity contribution in [2.75, 3.05) is 40.9 Å². The Morgan fingerprint density at radius 1 is 1.00 bits per heavy atom. The van der Waals surface area contributed by atoms with Crippen LogP contribution in [0.4, 0.5) is 17.1 Å². The zero-order valence-electron chi connectivity index (χ0n) is 17.9. The zero-order chi connectivity index (χ0) is 21.0. The minimum atomic E-state index is -0.314. The largest absolute Gasteiger partial charge is 0.372 e. The van der Waals surface area contributed by atoms with Crippen molar-refractivity contribution in [2.24, 2.45) is 5.92 Å². The molecule has 0 spiro atoms. The summed E-state index contributed by atoms with van der Waals surface area (Å²) >= 11 is 0. The molecule has 5 heteroatoms. The third kappa shape index (κ3) is 4.44. The number of amides is 2. The Morgan fingerprint density at radius 2 is 1.69 bits per heavy atom. The molecule has 0 aliphatic carbocycles. The molecule has 5 nitrogen and oxygen atoms in total. The van der Waals surface area contributed by atoms with E-state index in [1.165, 1.54) is 0 Å². The van der Waals surface area contributed by atoms with Crippen LogP contribution in [-0.4, -0.2) is 38.0 Å². The molecule has 29 heavy (non-hydrogen) atoms. The topological polar surface area (TPSA) is 43.9 Å². The van der Waals surface area contributed by atoms with E-state index in [0.29, 0.717) is 13.1 Å². The lowest BCUT2D eigenvalue weighted by molar-refractivity contribution is -0.124. The van der Waals surface area contributed by atoms with Crippen LogP contribution in [0.5, 0.6) is 0 Å². The molecule has 1 aliphatic heterocycles. The maximum Gasteiger partial charge on any atom is 0.232 e. The van der Waals surface area contributed by atoms with Gasteiger partial charge in [0.2, 0.25) is 11.8 Å². The van der Waals surface area contributed by atoms with Crippen molar-refractivity contribution in [1.29, 1.82) is 0 Å². The SMILES string of the molecule is CCN(CC)c1ccc(N2CC(C(=O)N(CC)c3cccc(C)c3)CC2=O)cc1. The molecule has 0 N–H and O–H groups in total. The van der Waals surface area contributed by atoms with Gasteiger partial charge in [0.05, 0.1) is 5.92 Å². The summed E-state index contributed by atoms with van der Waals surface area (Å²) in [5, 5.41) is 0. The highest BCUT2D eigenvalue weighted by Crippen LogP contribution is 2.29. The number of hydrogen-bond donors (Lipinski definition) is 0. The number of benzene rings is 2. The normalized spacial score (nSPS) is 16.2. The summed E-state index contributed by atoms with van der Waals surface area (Å²) in [6, 6.07) is 16.0. The zero-order valence-corrected chi connectivity index (χ0v) is 17.9. The molecule has 2 aromatic rings. The van der Waals surface area contributed by atoms with Gasteiger partial charge >= 0.3 is 0 Å². The molecule has 0 saturated carbocycles. The van der Waals surface area contributed by atoms with Crippen molar-refractivity contribution in [3.8, 4) is 0 Å². The van der Waals surface area contributed by atoms with Crippen molar-refractivity contribution in [3.63, 3.8) is 0 Å². The molecule has 1 fully saturated rings. The first-order valence-corrected chi connectivity index (χ1v) is 10.5. The molecular weight excluding hydrogens is 362 g/mol. The molecule has 1 aliphatic rings. The third-order valence-electron chi connectivity index (χ3n) is 5.66. The highest BCUT2D eigenvalue weighted by atomic mass is 16.2. The van der Waals surface area contributed by atoms with Crippen molar-refractivity contribution in [3.05, 3.63) is 54.1 Å². The molecule has 1 saturated heterocycles. The van der Waals surface area contributed by atoms with Gasteiger partial charge < -0.3 is 14.7 Å². The molecule has 3 rings (SSSR count). The number of nitrogens with zero attached hydrogens (tertiary/aromatic N) is 3. The lowest BCUT2D eigenvalue weighted by atomic mass is 10.1. The Bertz CT molecular complexity index is 859. The Labute approximate surface area is 173 Å². The first-order valence-electron chi connectivity index (χ1n) is 10.5. The Morgan fingerprint density at radius 3 is 2.28 bits per heavy atom. The highest BCUT2D eigenvalue weighted by Gasteiger charge is 2.37. The van der Waals surface area contributed by atoms with E-state index in [1.807, 2.05) is 50.2 Å². The monoisotopic (exact) mass is 393 g/mol. The molecule has 2 amide bonds. The van der Waals surface area contributed by atoms with Gasteiger partial charge in [-0.3, -0.25) is 9.59 Å². The van der Waals surface area contributed by atoms with E-state index in [9.17, 15) is 9.59 Å². The van der Waals surface area contributed by atoms with Crippen LogP contribution in [0, 0.1) is 12.8 Å².